The zero-order valence-corrected chi connectivity index (χ0v) is 15.5. The molecule has 1 aliphatic heterocycles. The van der Waals surface area contributed by atoms with Crippen LogP contribution in [0, 0.1) is 0 Å². The largest absolute Gasteiger partial charge is 0.309 e. The van der Waals surface area contributed by atoms with E-state index in [1.54, 1.807) is 0 Å². The molecule has 2 atom stereocenters. The maximum absolute atomic E-state index is 11.9. The summed E-state index contributed by atoms with van der Waals surface area (Å²) in [4.78, 5) is 13.2. The van der Waals surface area contributed by atoms with Crippen LogP contribution in [0.15, 0.2) is 77.7 Å². The van der Waals surface area contributed by atoms with Crippen LogP contribution in [-0.2, 0) is 15.7 Å². The molecule has 5 rings (SSSR count). The van der Waals surface area contributed by atoms with Gasteiger partial charge < -0.3 is 4.57 Å². The van der Waals surface area contributed by atoms with Crippen LogP contribution in [0.5, 0.6) is 0 Å². The lowest BCUT2D eigenvalue weighted by atomic mass is 10.2. The molecule has 1 aliphatic rings. The quantitative estimate of drug-likeness (QED) is 0.456. The normalized spacial score (nSPS) is 20.3. The Labute approximate surface area is 155 Å². The van der Waals surface area contributed by atoms with Gasteiger partial charge in [-0.25, -0.2) is 0 Å². The van der Waals surface area contributed by atoms with Crippen LogP contribution in [0.25, 0.3) is 27.5 Å². The Morgan fingerprint density at radius 3 is 1.96 bits per heavy atom. The second kappa shape index (κ2) is 6.03. The number of carbonyl (C=O) groups excluding carboxylic acids is 1. The van der Waals surface area contributed by atoms with Gasteiger partial charge in [0.15, 0.2) is 15.9 Å². The van der Waals surface area contributed by atoms with E-state index in [9.17, 15) is 4.79 Å². The molecular formula is C23H20NOS+. The van der Waals surface area contributed by atoms with Crippen LogP contribution >= 0.6 is 0 Å². The van der Waals surface area contributed by atoms with E-state index >= 15 is 0 Å². The Kier molecular flexibility index (Phi) is 3.64. The number of rotatable bonds is 2. The van der Waals surface area contributed by atoms with Gasteiger partial charge in [-0.05, 0) is 43.3 Å². The van der Waals surface area contributed by atoms with Crippen molar-refractivity contribution in [1.82, 2.24) is 4.57 Å². The van der Waals surface area contributed by atoms with Crippen molar-refractivity contribution in [3.63, 3.8) is 0 Å². The highest BCUT2D eigenvalue weighted by molar-refractivity contribution is 7.98. The van der Waals surface area contributed by atoms with Gasteiger partial charge in [0.25, 0.3) is 0 Å². The van der Waals surface area contributed by atoms with E-state index in [2.05, 4.69) is 84.3 Å². The first-order chi connectivity index (χ1) is 12.7. The van der Waals surface area contributed by atoms with Crippen LogP contribution in [0.3, 0.4) is 0 Å². The van der Waals surface area contributed by atoms with E-state index in [1.807, 2.05) is 0 Å². The summed E-state index contributed by atoms with van der Waals surface area (Å²) in [6, 6.07) is 26.0. The average Bonchev–Trinajstić information content (AvgIpc) is 3.20. The van der Waals surface area contributed by atoms with Crippen molar-refractivity contribution in [2.75, 3.05) is 5.75 Å². The fourth-order valence-corrected chi connectivity index (χ4v) is 6.38. The number of hydrogen-bond donors (Lipinski definition) is 0. The number of fused-ring (bicyclic) bond motifs is 3. The molecule has 2 nitrogen and oxygen atoms in total. The van der Waals surface area contributed by atoms with Gasteiger partial charge in [0.05, 0.1) is 17.5 Å². The average molecular weight is 358 g/mol. The summed E-state index contributed by atoms with van der Waals surface area (Å²) < 4.78 is 2.33. The molecule has 128 valence electrons. The monoisotopic (exact) mass is 358 g/mol. The van der Waals surface area contributed by atoms with E-state index < -0.39 is 0 Å². The molecule has 4 aromatic rings. The first kappa shape index (κ1) is 15.7. The summed E-state index contributed by atoms with van der Waals surface area (Å²) >= 11 is 0. The summed E-state index contributed by atoms with van der Waals surface area (Å²) in [5.74, 6) is 1.43. The first-order valence-electron chi connectivity index (χ1n) is 9.05. The van der Waals surface area contributed by atoms with Crippen molar-refractivity contribution >= 4 is 38.5 Å². The molecule has 0 spiro atoms. The van der Waals surface area contributed by atoms with Crippen LogP contribution in [-0.4, -0.2) is 21.4 Å². The smallest absolute Gasteiger partial charge is 0.189 e. The van der Waals surface area contributed by atoms with Gasteiger partial charge in [-0.1, -0.05) is 36.4 Å². The number of para-hydroxylation sites is 2. The van der Waals surface area contributed by atoms with Crippen molar-refractivity contribution in [2.45, 2.75) is 23.5 Å². The predicted octanol–water partition coefficient (Wildman–Crippen LogP) is 5.12. The summed E-state index contributed by atoms with van der Waals surface area (Å²) in [6.07, 6.45) is 0.735. The van der Waals surface area contributed by atoms with Crippen LogP contribution in [0.1, 0.15) is 13.3 Å². The zero-order chi connectivity index (χ0) is 17.7. The number of ketones is 1. The first-order valence-corrected chi connectivity index (χ1v) is 10.5. The molecule has 0 bridgehead atoms. The van der Waals surface area contributed by atoms with Crippen molar-refractivity contribution in [1.29, 1.82) is 0 Å². The Morgan fingerprint density at radius 1 is 0.846 bits per heavy atom. The second-order valence-corrected chi connectivity index (χ2v) is 9.30. The highest BCUT2D eigenvalue weighted by atomic mass is 32.2. The van der Waals surface area contributed by atoms with Crippen molar-refractivity contribution in [3.8, 4) is 5.69 Å². The molecule has 0 amide bonds. The molecule has 3 aromatic carbocycles. The molecular weight excluding hydrogens is 338 g/mol. The van der Waals surface area contributed by atoms with Gasteiger partial charge in [0.1, 0.15) is 5.75 Å². The molecule has 0 aliphatic carbocycles. The number of nitrogens with zero attached hydrogens (tertiary/aromatic N) is 1. The third-order valence-electron chi connectivity index (χ3n) is 5.43. The molecule has 1 saturated heterocycles. The molecule has 1 fully saturated rings. The van der Waals surface area contributed by atoms with E-state index in [0.717, 1.165) is 12.2 Å². The Morgan fingerprint density at radius 2 is 1.42 bits per heavy atom. The lowest BCUT2D eigenvalue weighted by Gasteiger charge is -2.09. The molecule has 0 N–H and O–H groups in total. The number of aromatic nitrogens is 1. The maximum Gasteiger partial charge on any atom is 0.189 e. The van der Waals surface area contributed by atoms with Gasteiger partial charge in [-0.2, -0.15) is 0 Å². The minimum Gasteiger partial charge on any atom is -0.309 e. The van der Waals surface area contributed by atoms with E-state index in [1.165, 1.54) is 32.4 Å². The van der Waals surface area contributed by atoms with Crippen LogP contribution < -0.4 is 0 Å². The molecule has 2 unspecified atom stereocenters. The fraction of sp³-hybridized carbons (Fsp3) is 0.174. The van der Waals surface area contributed by atoms with E-state index in [-0.39, 0.29) is 16.1 Å². The molecule has 3 heteroatoms. The molecule has 0 radical (unpaired) electrons. The molecule has 0 saturated carbocycles. The highest BCUT2D eigenvalue weighted by Gasteiger charge is 2.41. The lowest BCUT2D eigenvalue weighted by molar-refractivity contribution is -0.117. The minimum atomic E-state index is 0.0664. The maximum atomic E-state index is 11.9. The van der Waals surface area contributed by atoms with Crippen molar-refractivity contribution < 1.29 is 4.79 Å². The second-order valence-electron chi connectivity index (χ2n) is 6.86. The number of benzene rings is 3. The molecule has 2 heterocycles. The van der Waals surface area contributed by atoms with Crippen molar-refractivity contribution in [2.24, 2.45) is 0 Å². The number of carbonyl (C=O) groups is 1. The third kappa shape index (κ3) is 2.31. The summed E-state index contributed by atoms with van der Waals surface area (Å²) in [7, 11) is 0.0664. The van der Waals surface area contributed by atoms with E-state index in [0.29, 0.717) is 5.78 Å². The Hall–Kier alpha value is -2.52. The Bertz CT molecular complexity index is 1070. The van der Waals surface area contributed by atoms with Crippen molar-refractivity contribution in [3.05, 3.63) is 72.8 Å². The lowest BCUT2D eigenvalue weighted by Crippen LogP contribution is -2.18. The topological polar surface area (TPSA) is 22.0 Å². The summed E-state index contributed by atoms with van der Waals surface area (Å²) in [5, 5.41) is 2.74. The third-order valence-corrected chi connectivity index (χ3v) is 8.06. The minimum absolute atomic E-state index is 0.0664. The van der Waals surface area contributed by atoms with Gasteiger partial charge in [0.2, 0.25) is 0 Å². The van der Waals surface area contributed by atoms with Gasteiger partial charge in [-0.3, -0.25) is 4.79 Å². The number of hydrogen-bond acceptors (Lipinski definition) is 1. The van der Waals surface area contributed by atoms with Gasteiger partial charge in [0, 0.05) is 27.4 Å². The number of Topliss-reactive ketones (excluding diaryl/α,β-unsaturated/α-hetero) is 1. The fourth-order valence-electron chi connectivity index (χ4n) is 4.04. The van der Waals surface area contributed by atoms with Crippen LogP contribution in [0.4, 0.5) is 0 Å². The highest BCUT2D eigenvalue weighted by Crippen LogP contribution is 2.33. The molecule has 1 aromatic heterocycles. The Balaban J connectivity index is 1.65. The molecule has 26 heavy (non-hydrogen) atoms. The SMILES string of the molecule is CC1C(=O)CC[S+]1c1ccc(-n2c3ccccc3c3ccccc32)cc1. The van der Waals surface area contributed by atoms with Gasteiger partial charge >= 0.3 is 0 Å². The summed E-state index contributed by atoms with van der Waals surface area (Å²) in [5.41, 5.74) is 3.63. The predicted molar refractivity (Wildman–Crippen MR) is 110 cm³/mol. The van der Waals surface area contributed by atoms with Gasteiger partial charge in [-0.15, -0.1) is 0 Å². The van der Waals surface area contributed by atoms with E-state index in [4.69, 9.17) is 0 Å². The summed E-state index contributed by atoms with van der Waals surface area (Å²) in [6.45, 7) is 2.08. The standard InChI is InChI=1S/C23H20NOS/c1-16-23(25)14-15-26(16)18-12-10-17(11-13-18)24-21-8-4-2-6-19(21)20-7-3-5-9-22(20)24/h2-13,16H,14-15H2,1H3/q+1. The van der Waals surface area contributed by atoms with Crippen LogP contribution in [0.2, 0.25) is 0 Å². The zero-order valence-electron chi connectivity index (χ0n) is 14.7.